The van der Waals surface area contributed by atoms with E-state index in [1.165, 1.54) is 4.68 Å². The number of halogens is 1. The van der Waals surface area contributed by atoms with Crippen molar-refractivity contribution >= 4 is 17.6 Å². The molecule has 1 aromatic rings. The van der Waals surface area contributed by atoms with Crippen LogP contribution in [0, 0.1) is 0 Å². The first-order chi connectivity index (χ1) is 6.07. The van der Waals surface area contributed by atoms with Gasteiger partial charge in [0.05, 0.1) is 0 Å². The Morgan fingerprint density at radius 1 is 1.77 bits per heavy atom. The lowest BCUT2D eigenvalue weighted by molar-refractivity contribution is 0.0688. The maximum atomic E-state index is 10.7. The maximum Gasteiger partial charge on any atom is 0.356 e. The van der Waals surface area contributed by atoms with Crippen LogP contribution in [0.5, 0.6) is 0 Å². The van der Waals surface area contributed by atoms with E-state index in [0.29, 0.717) is 23.7 Å². The van der Waals surface area contributed by atoms with Gasteiger partial charge in [0.2, 0.25) is 0 Å². The summed E-state index contributed by atoms with van der Waals surface area (Å²) in [4.78, 5) is 10.7. The molecule has 0 bridgehead atoms. The summed E-state index contributed by atoms with van der Waals surface area (Å²) in [5.41, 5.74) is 5.80. The van der Waals surface area contributed by atoms with Crippen molar-refractivity contribution in [3.63, 3.8) is 0 Å². The fraction of sp³-hybridized carbons (Fsp3) is 0.429. The van der Waals surface area contributed by atoms with Crippen LogP contribution in [0.2, 0.25) is 5.15 Å². The predicted molar refractivity (Wildman–Crippen MR) is 47.9 cm³/mol. The van der Waals surface area contributed by atoms with Crippen molar-refractivity contribution in [3.8, 4) is 0 Å². The second kappa shape index (κ2) is 3.76. The zero-order valence-corrected chi connectivity index (χ0v) is 7.88. The van der Waals surface area contributed by atoms with Gasteiger partial charge in [0, 0.05) is 12.6 Å². The van der Waals surface area contributed by atoms with Crippen molar-refractivity contribution in [1.82, 2.24) is 9.78 Å². The molecule has 1 aromatic heterocycles. The molecule has 0 spiro atoms. The van der Waals surface area contributed by atoms with Crippen LogP contribution < -0.4 is 5.73 Å². The number of rotatable bonds is 3. The Morgan fingerprint density at radius 3 is 2.85 bits per heavy atom. The van der Waals surface area contributed by atoms with Crippen molar-refractivity contribution in [2.45, 2.75) is 6.42 Å². The van der Waals surface area contributed by atoms with Crippen LogP contribution in [0.1, 0.15) is 16.1 Å². The van der Waals surface area contributed by atoms with Gasteiger partial charge in [0.15, 0.2) is 5.69 Å². The molecular formula is C7H10ClN3O2. The number of aromatic carboxylic acids is 1. The summed E-state index contributed by atoms with van der Waals surface area (Å²) in [6.45, 7) is 0.353. The lowest BCUT2D eigenvalue weighted by Gasteiger charge is -1.96. The molecule has 0 saturated heterocycles. The highest BCUT2D eigenvalue weighted by atomic mass is 35.5. The normalized spacial score (nSPS) is 10.4. The Kier molecular flexibility index (Phi) is 2.90. The summed E-state index contributed by atoms with van der Waals surface area (Å²) < 4.78 is 1.33. The van der Waals surface area contributed by atoms with Crippen LogP contribution in [0.3, 0.4) is 0 Å². The Hall–Kier alpha value is -1.07. The van der Waals surface area contributed by atoms with Crippen molar-refractivity contribution < 1.29 is 9.90 Å². The molecule has 0 aliphatic rings. The van der Waals surface area contributed by atoms with Crippen LogP contribution >= 0.6 is 11.6 Å². The molecule has 0 fully saturated rings. The van der Waals surface area contributed by atoms with Gasteiger partial charge in [-0.25, -0.2) is 4.79 Å². The predicted octanol–water partition coefficient (Wildman–Crippen LogP) is 0.273. The highest BCUT2D eigenvalue weighted by Gasteiger charge is 2.18. The van der Waals surface area contributed by atoms with Crippen molar-refractivity contribution in [3.05, 3.63) is 16.4 Å². The highest BCUT2D eigenvalue weighted by molar-refractivity contribution is 6.30. The first-order valence-electron chi connectivity index (χ1n) is 3.72. The van der Waals surface area contributed by atoms with E-state index in [-0.39, 0.29) is 5.69 Å². The summed E-state index contributed by atoms with van der Waals surface area (Å²) >= 11 is 5.82. The second-order valence-corrected chi connectivity index (χ2v) is 2.94. The van der Waals surface area contributed by atoms with Crippen LogP contribution in [0.4, 0.5) is 0 Å². The van der Waals surface area contributed by atoms with Gasteiger partial charge in [0.1, 0.15) is 5.15 Å². The maximum absolute atomic E-state index is 10.7. The number of aromatic nitrogens is 2. The molecule has 72 valence electrons. The van der Waals surface area contributed by atoms with Gasteiger partial charge in [-0.2, -0.15) is 5.10 Å². The first-order valence-corrected chi connectivity index (χ1v) is 4.10. The largest absolute Gasteiger partial charge is 0.476 e. The smallest absolute Gasteiger partial charge is 0.356 e. The molecule has 0 unspecified atom stereocenters. The zero-order chi connectivity index (χ0) is 10.0. The van der Waals surface area contributed by atoms with Crippen LogP contribution in [0.25, 0.3) is 0 Å². The quantitative estimate of drug-likeness (QED) is 0.739. The number of hydrogen-bond donors (Lipinski definition) is 2. The lowest BCUT2D eigenvalue weighted by Crippen LogP contribution is -2.07. The number of nitrogens with two attached hydrogens (primary N) is 1. The number of nitrogens with zero attached hydrogens (tertiary/aromatic N) is 2. The molecule has 0 amide bonds. The molecule has 0 saturated carbocycles. The minimum atomic E-state index is -1.08. The number of aryl methyl sites for hydroxylation is 1. The van der Waals surface area contributed by atoms with Crippen molar-refractivity contribution in [1.29, 1.82) is 0 Å². The molecule has 6 heteroatoms. The lowest BCUT2D eigenvalue weighted by atomic mass is 10.2. The summed E-state index contributed by atoms with van der Waals surface area (Å²) in [7, 11) is 1.59. The molecule has 0 atom stereocenters. The van der Waals surface area contributed by atoms with E-state index in [0.717, 1.165) is 0 Å². The summed E-state index contributed by atoms with van der Waals surface area (Å²) in [6, 6.07) is 0. The van der Waals surface area contributed by atoms with Crippen LogP contribution in [-0.4, -0.2) is 27.4 Å². The van der Waals surface area contributed by atoms with Gasteiger partial charge in [0.25, 0.3) is 0 Å². The van der Waals surface area contributed by atoms with E-state index >= 15 is 0 Å². The molecule has 0 radical (unpaired) electrons. The van der Waals surface area contributed by atoms with Gasteiger partial charge < -0.3 is 10.8 Å². The second-order valence-electron chi connectivity index (χ2n) is 2.59. The van der Waals surface area contributed by atoms with E-state index in [4.69, 9.17) is 22.4 Å². The Bertz CT molecular complexity index is 335. The Balaban J connectivity index is 3.18. The van der Waals surface area contributed by atoms with Crippen LogP contribution in [0.15, 0.2) is 0 Å². The fourth-order valence-electron chi connectivity index (χ4n) is 1.09. The number of hydrogen-bond acceptors (Lipinski definition) is 3. The Labute approximate surface area is 80.1 Å². The molecular weight excluding hydrogens is 194 g/mol. The minimum Gasteiger partial charge on any atom is -0.476 e. The summed E-state index contributed by atoms with van der Waals surface area (Å²) in [6.07, 6.45) is 0.425. The fourth-order valence-corrected chi connectivity index (χ4v) is 1.31. The number of carboxylic acid groups (broad SMARTS) is 1. The third kappa shape index (κ3) is 1.81. The molecule has 0 aromatic carbocycles. The molecule has 0 aliphatic carbocycles. The topological polar surface area (TPSA) is 81.1 Å². The minimum absolute atomic E-state index is 0.0158. The first kappa shape index (κ1) is 10.0. The van der Waals surface area contributed by atoms with Crippen LogP contribution in [-0.2, 0) is 13.5 Å². The number of carbonyl (C=O) groups is 1. The summed E-state index contributed by atoms with van der Waals surface area (Å²) in [5, 5.41) is 12.8. The third-order valence-electron chi connectivity index (χ3n) is 1.67. The van der Waals surface area contributed by atoms with Gasteiger partial charge in [-0.3, -0.25) is 4.68 Å². The Morgan fingerprint density at radius 2 is 2.38 bits per heavy atom. The SMILES string of the molecule is Cn1nc(C(=O)O)c(CCN)c1Cl. The molecule has 13 heavy (non-hydrogen) atoms. The van der Waals surface area contributed by atoms with Gasteiger partial charge >= 0.3 is 5.97 Å². The van der Waals surface area contributed by atoms with Gasteiger partial charge in [-0.1, -0.05) is 11.6 Å². The molecule has 1 rings (SSSR count). The number of carboxylic acids is 1. The highest BCUT2D eigenvalue weighted by Crippen LogP contribution is 2.19. The summed E-state index contributed by atoms with van der Waals surface area (Å²) in [5.74, 6) is -1.08. The van der Waals surface area contributed by atoms with E-state index in [1.54, 1.807) is 7.05 Å². The van der Waals surface area contributed by atoms with E-state index in [1.807, 2.05) is 0 Å². The molecule has 3 N–H and O–H groups in total. The molecule has 1 heterocycles. The zero-order valence-electron chi connectivity index (χ0n) is 7.12. The van der Waals surface area contributed by atoms with Gasteiger partial charge in [-0.15, -0.1) is 0 Å². The molecule has 0 aliphatic heterocycles. The monoisotopic (exact) mass is 203 g/mol. The third-order valence-corrected chi connectivity index (χ3v) is 2.14. The van der Waals surface area contributed by atoms with Crippen molar-refractivity contribution in [2.75, 3.05) is 6.54 Å². The molecule has 5 nitrogen and oxygen atoms in total. The van der Waals surface area contributed by atoms with E-state index in [9.17, 15) is 4.79 Å². The van der Waals surface area contributed by atoms with Crippen molar-refractivity contribution in [2.24, 2.45) is 12.8 Å². The standard InChI is InChI=1S/C7H10ClN3O2/c1-11-6(8)4(2-3-9)5(10-11)7(12)13/h2-3,9H2,1H3,(H,12,13). The van der Waals surface area contributed by atoms with E-state index < -0.39 is 5.97 Å². The van der Waals surface area contributed by atoms with E-state index in [2.05, 4.69) is 5.10 Å². The van der Waals surface area contributed by atoms with Gasteiger partial charge in [-0.05, 0) is 13.0 Å². The average Bonchev–Trinajstić information content (AvgIpc) is 2.33. The average molecular weight is 204 g/mol.